The number of rotatable bonds is 7. The van der Waals surface area contributed by atoms with Crippen molar-refractivity contribution >= 4 is 23.3 Å². The maximum atomic E-state index is 13.8. The fraction of sp³-hybridized carbons (Fsp3) is 0.795. The summed E-state index contributed by atoms with van der Waals surface area (Å²) in [7, 11) is 3.78. The van der Waals surface area contributed by atoms with Crippen molar-refractivity contribution in [1.82, 2.24) is 14.9 Å². The second-order valence-electron chi connectivity index (χ2n) is 16.6. The van der Waals surface area contributed by atoms with Gasteiger partial charge < -0.3 is 48.6 Å². The fourth-order valence-electron chi connectivity index (χ4n) is 8.62. The number of aliphatic hydroxyl groups is 2. The van der Waals surface area contributed by atoms with Gasteiger partial charge in [0.1, 0.15) is 23.5 Å². The predicted octanol–water partition coefficient (Wildman–Crippen LogP) is 2.32. The first-order valence-corrected chi connectivity index (χ1v) is 19.6. The number of carbonyl (C=O) groups excluding carboxylic acids is 2. The van der Waals surface area contributed by atoms with Crippen molar-refractivity contribution in [3.63, 3.8) is 0 Å². The SMILES string of the molecule is CC[C@@H]1OC(=O)[C@H](C)C[C@H](C)C(O[C@@H]2O[C@H](C)C[C@H](N(C)C)C2O)[C@@]2(C)CC(C)C(=NC(C)=O)C(C)C(OC/C(=N/OCc3cc(=O)[nH]c(=O)[nH]3)CO2)[C@]1(C)O. The molecule has 1 amide bonds. The molecule has 4 heterocycles. The third-order valence-corrected chi connectivity index (χ3v) is 11.3. The molecule has 13 atom stereocenters. The number of aliphatic hydroxyl groups excluding tert-OH is 1. The molecule has 17 nitrogen and oxygen atoms in total. The maximum Gasteiger partial charge on any atom is 0.326 e. The summed E-state index contributed by atoms with van der Waals surface area (Å²) in [6.07, 6.45) is -3.90. The normalized spacial score (nSPS) is 39.4. The van der Waals surface area contributed by atoms with E-state index in [9.17, 15) is 29.4 Å². The molecular weight excluding hydrogens is 730 g/mol. The van der Waals surface area contributed by atoms with E-state index in [0.717, 1.165) is 0 Å². The van der Waals surface area contributed by atoms with Crippen LogP contribution >= 0.6 is 0 Å². The molecule has 4 N–H and O–H groups in total. The number of oxime groups is 1. The lowest BCUT2D eigenvalue weighted by molar-refractivity contribution is -0.298. The first-order valence-electron chi connectivity index (χ1n) is 19.6. The highest BCUT2D eigenvalue weighted by Crippen LogP contribution is 2.40. The van der Waals surface area contributed by atoms with E-state index >= 15 is 0 Å². The van der Waals surface area contributed by atoms with E-state index < -0.39 is 88.7 Å². The van der Waals surface area contributed by atoms with Gasteiger partial charge in [-0.1, -0.05) is 39.8 Å². The van der Waals surface area contributed by atoms with E-state index in [-0.39, 0.29) is 62.6 Å². The molecule has 17 heteroatoms. The summed E-state index contributed by atoms with van der Waals surface area (Å²) in [4.78, 5) is 67.0. The monoisotopic (exact) mass is 793 g/mol. The number of aromatic nitrogens is 2. The number of hydrogen-bond donors (Lipinski definition) is 4. The van der Waals surface area contributed by atoms with Crippen molar-refractivity contribution in [3.05, 3.63) is 32.6 Å². The summed E-state index contributed by atoms with van der Waals surface area (Å²) < 4.78 is 32.6. The molecule has 5 unspecified atom stereocenters. The number of amides is 1. The van der Waals surface area contributed by atoms with E-state index in [0.29, 0.717) is 12.1 Å². The molecule has 3 aliphatic rings. The molecule has 0 aliphatic carbocycles. The molecule has 56 heavy (non-hydrogen) atoms. The zero-order chi connectivity index (χ0) is 41.7. The number of aromatic amines is 2. The Balaban J connectivity index is 1.91. The quantitative estimate of drug-likeness (QED) is 0.230. The smallest absolute Gasteiger partial charge is 0.326 e. The number of cyclic esters (lactones) is 1. The van der Waals surface area contributed by atoms with E-state index in [4.69, 9.17) is 28.5 Å². The average molecular weight is 794 g/mol. The number of carbonyl (C=O) groups is 2. The fourth-order valence-corrected chi connectivity index (χ4v) is 8.62. The van der Waals surface area contributed by atoms with Crippen molar-refractivity contribution in [2.24, 2.45) is 33.8 Å². The summed E-state index contributed by atoms with van der Waals surface area (Å²) in [6.45, 7) is 15.2. The Bertz CT molecular complexity index is 1660. The second kappa shape index (κ2) is 19.0. The van der Waals surface area contributed by atoms with Crippen LogP contribution in [0.15, 0.2) is 25.8 Å². The molecule has 3 fully saturated rings. The van der Waals surface area contributed by atoms with Gasteiger partial charge in [0.25, 0.3) is 5.56 Å². The van der Waals surface area contributed by atoms with Crippen molar-refractivity contribution in [1.29, 1.82) is 0 Å². The number of ether oxygens (including phenoxy) is 5. The standard InChI is InChI=1S/C39H63N5O12/c1-12-29-39(9,50)34-24(6)31(40-25(7)45)22(4)16-38(8,52-18-27(17-51-34)43-53-19-26-15-30(46)42-37(49)41-26)33(20(2)13-21(3)35(48)55-29)56-36-32(47)28(44(10)11)14-23(5)54-36/h15,20-24,28-29,32-34,36,47,50H,12-14,16-19H2,1-11H3,(H2,41,42,46,49)/b40-31?,43-27-/t20-,21+,22?,23+,24?,28-,29-,32?,33?,34?,36-,38+,39+/m0/s1. The van der Waals surface area contributed by atoms with Crippen LogP contribution < -0.4 is 11.2 Å². The minimum Gasteiger partial charge on any atom is -0.459 e. The number of aliphatic imine (C=N–C) groups is 1. The largest absolute Gasteiger partial charge is 0.459 e. The Hall–Kier alpha value is -3.32. The molecule has 0 aromatic carbocycles. The van der Waals surface area contributed by atoms with Crippen LogP contribution in [0.3, 0.4) is 0 Å². The van der Waals surface area contributed by atoms with Gasteiger partial charge in [0.05, 0.1) is 48.7 Å². The molecule has 4 rings (SSSR count). The number of H-pyrrole nitrogens is 2. The zero-order valence-corrected chi connectivity index (χ0v) is 34.7. The Labute approximate surface area is 328 Å². The second-order valence-corrected chi connectivity index (χ2v) is 16.6. The lowest BCUT2D eigenvalue weighted by atomic mass is 9.74. The van der Waals surface area contributed by atoms with Crippen molar-refractivity contribution in [2.75, 3.05) is 27.3 Å². The van der Waals surface area contributed by atoms with Crippen LogP contribution in [0.4, 0.5) is 0 Å². The highest BCUT2D eigenvalue weighted by molar-refractivity contribution is 5.98. The molecular formula is C39H63N5O12. The molecule has 2 bridgehead atoms. The van der Waals surface area contributed by atoms with Crippen LogP contribution in [0.2, 0.25) is 0 Å². The number of hydrogen-bond acceptors (Lipinski definition) is 14. The van der Waals surface area contributed by atoms with Gasteiger partial charge in [-0.25, -0.2) is 9.79 Å². The van der Waals surface area contributed by atoms with E-state index in [2.05, 4.69) is 20.1 Å². The molecule has 0 radical (unpaired) electrons. The molecule has 0 saturated carbocycles. The van der Waals surface area contributed by atoms with Crippen LogP contribution in [0.25, 0.3) is 0 Å². The minimum absolute atomic E-state index is 0.170. The number of nitrogens with zero attached hydrogens (tertiary/aromatic N) is 3. The summed E-state index contributed by atoms with van der Waals surface area (Å²) >= 11 is 0. The molecule has 1 aromatic heterocycles. The lowest BCUT2D eigenvalue weighted by Crippen LogP contribution is -2.59. The molecule has 316 valence electrons. The molecule has 3 aliphatic heterocycles. The summed E-state index contributed by atoms with van der Waals surface area (Å²) in [6, 6.07) is 0.914. The Morgan fingerprint density at radius 1 is 1.05 bits per heavy atom. The van der Waals surface area contributed by atoms with Gasteiger partial charge in [0.15, 0.2) is 12.9 Å². The first-order chi connectivity index (χ1) is 26.2. The van der Waals surface area contributed by atoms with Gasteiger partial charge in [-0.15, -0.1) is 0 Å². The lowest BCUT2D eigenvalue weighted by Gasteiger charge is -2.48. The van der Waals surface area contributed by atoms with Gasteiger partial charge in [-0.3, -0.25) is 19.4 Å². The number of likely N-dealkylation sites (N-methyl/N-ethyl adjacent to an activating group) is 1. The molecule has 1 aromatic rings. The number of nitrogens with one attached hydrogen (secondary N) is 2. The first kappa shape index (κ1) is 45.4. The van der Waals surface area contributed by atoms with E-state index in [1.165, 1.54) is 13.0 Å². The van der Waals surface area contributed by atoms with Crippen LogP contribution in [0, 0.1) is 23.7 Å². The van der Waals surface area contributed by atoms with Gasteiger partial charge in [-0.2, -0.15) is 0 Å². The van der Waals surface area contributed by atoms with Crippen LogP contribution in [-0.4, -0.2) is 130 Å². The van der Waals surface area contributed by atoms with Crippen molar-refractivity contribution in [2.45, 2.75) is 149 Å². The van der Waals surface area contributed by atoms with Gasteiger partial charge in [0, 0.05) is 30.7 Å². The van der Waals surface area contributed by atoms with Crippen molar-refractivity contribution in [3.8, 4) is 0 Å². The van der Waals surface area contributed by atoms with E-state index in [1.54, 1.807) is 27.7 Å². The molecule has 0 spiro atoms. The van der Waals surface area contributed by atoms with Crippen LogP contribution in [0.1, 0.15) is 93.7 Å². The Kier molecular flexibility index (Phi) is 15.4. The van der Waals surface area contributed by atoms with Crippen molar-refractivity contribution < 1.29 is 48.3 Å². The third kappa shape index (κ3) is 11.0. The number of fused-ring (bicyclic) bond motifs is 5. The average Bonchev–Trinajstić information content (AvgIpc) is 3.11. The van der Waals surface area contributed by atoms with Crippen LogP contribution in [0.5, 0.6) is 0 Å². The Morgan fingerprint density at radius 2 is 1.75 bits per heavy atom. The summed E-state index contributed by atoms with van der Waals surface area (Å²) in [5.74, 6) is -3.15. The third-order valence-electron chi connectivity index (χ3n) is 11.3. The van der Waals surface area contributed by atoms with Gasteiger partial charge in [-0.05, 0) is 72.4 Å². The minimum atomic E-state index is -1.79. The van der Waals surface area contributed by atoms with Gasteiger partial charge in [0.2, 0.25) is 5.91 Å². The topological polar surface area (TPSA) is 224 Å². The molecule has 3 saturated heterocycles. The van der Waals surface area contributed by atoms with Crippen LogP contribution in [-0.2, 0) is 44.7 Å². The summed E-state index contributed by atoms with van der Waals surface area (Å²) in [5, 5.41) is 28.3. The number of esters is 1. The summed E-state index contributed by atoms with van der Waals surface area (Å²) in [5.41, 5.74) is -3.46. The predicted molar refractivity (Wildman–Crippen MR) is 206 cm³/mol. The highest BCUT2D eigenvalue weighted by Gasteiger charge is 2.51. The Morgan fingerprint density at radius 3 is 2.38 bits per heavy atom. The maximum absolute atomic E-state index is 13.8. The highest BCUT2D eigenvalue weighted by atomic mass is 16.7. The van der Waals surface area contributed by atoms with E-state index in [1.807, 2.05) is 46.7 Å². The van der Waals surface area contributed by atoms with Gasteiger partial charge >= 0.3 is 11.7 Å². The zero-order valence-electron chi connectivity index (χ0n) is 34.7.